The number of nitrogens with one attached hydrogen (secondary N) is 1. The Bertz CT molecular complexity index is 521. The van der Waals surface area contributed by atoms with Crippen LogP contribution in [0.4, 0.5) is 5.95 Å². The van der Waals surface area contributed by atoms with E-state index in [1.165, 1.54) is 0 Å². The molecule has 0 bridgehead atoms. The third kappa shape index (κ3) is 2.50. The first-order valence-electron chi connectivity index (χ1n) is 5.62. The van der Waals surface area contributed by atoms with Crippen molar-refractivity contribution < 1.29 is 0 Å². The lowest BCUT2D eigenvalue weighted by Crippen LogP contribution is -2.47. The summed E-state index contributed by atoms with van der Waals surface area (Å²) in [6, 6.07) is 7.62. The first kappa shape index (κ1) is 11.7. The van der Waals surface area contributed by atoms with Crippen LogP contribution in [0.1, 0.15) is 20.8 Å². The van der Waals surface area contributed by atoms with E-state index < -0.39 is 0 Å². The maximum absolute atomic E-state index is 5.89. The lowest BCUT2D eigenvalue weighted by molar-refractivity contribution is 0.466. The minimum Gasteiger partial charge on any atom is -0.346 e. The van der Waals surface area contributed by atoms with Gasteiger partial charge in [-0.2, -0.15) is 0 Å². The van der Waals surface area contributed by atoms with E-state index in [0.29, 0.717) is 5.95 Å². The molecule has 0 radical (unpaired) electrons. The van der Waals surface area contributed by atoms with Gasteiger partial charge in [0.15, 0.2) is 0 Å². The summed E-state index contributed by atoms with van der Waals surface area (Å²) in [4.78, 5) is 4.40. The van der Waals surface area contributed by atoms with Crippen LogP contribution in [-0.4, -0.2) is 26.8 Å². The molecule has 5 heteroatoms. The van der Waals surface area contributed by atoms with Gasteiger partial charge in [-0.3, -0.25) is 0 Å². The van der Waals surface area contributed by atoms with Gasteiger partial charge in [0.1, 0.15) is 5.52 Å². The third-order valence-electron chi connectivity index (χ3n) is 2.93. The molecule has 0 aliphatic carbocycles. The van der Waals surface area contributed by atoms with E-state index in [-0.39, 0.29) is 11.6 Å². The normalized spacial score (nSPS) is 13.6. The molecule has 0 amide bonds. The maximum atomic E-state index is 5.89. The molecule has 1 aromatic heterocycles. The van der Waals surface area contributed by atoms with Crippen molar-refractivity contribution in [2.24, 2.45) is 5.73 Å². The molecule has 1 heterocycles. The van der Waals surface area contributed by atoms with Crippen molar-refractivity contribution in [1.29, 1.82) is 0 Å². The molecule has 0 fully saturated rings. The van der Waals surface area contributed by atoms with Gasteiger partial charge in [0.05, 0.1) is 5.52 Å². The van der Waals surface area contributed by atoms with E-state index in [9.17, 15) is 0 Å². The molecule has 2 rings (SSSR count). The summed E-state index contributed by atoms with van der Waals surface area (Å²) in [6.07, 6.45) is 0. The zero-order chi connectivity index (χ0) is 12.5. The fraction of sp³-hybridized carbons (Fsp3) is 0.417. The highest BCUT2D eigenvalue weighted by Crippen LogP contribution is 2.15. The van der Waals surface area contributed by atoms with Gasteiger partial charge in [-0.1, -0.05) is 12.1 Å². The van der Waals surface area contributed by atoms with Gasteiger partial charge in [0.2, 0.25) is 5.95 Å². The van der Waals surface area contributed by atoms with E-state index in [4.69, 9.17) is 5.73 Å². The zero-order valence-electron chi connectivity index (χ0n) is 10.3. The van der Waals surface area contributed by atoms with Crippen molar-refractivity contribution in [3.05, 3.63) is 24.3 Å². The number of nitrogens with two attached hydrogens (primary N) is 1. The molecule has 0 saturated heterocycles. The molecule has 1 unspecified atom stereocenters. The lowest BCUT2D eigenvalue weighted by atomic mass is 9.97. The highest BCUT2D eigenvalue weighted by molar-refractivity contribution is 5.74. The van der Waals surface area contributed by atoms with Gasteiger partial charge in [-0.25, -0.2) is 4.98 Å². The molecular weight excluding hydrogens is 214 g/mol. The predicted octanol–water partition coefficient (Wildman–Crippen LogP) is 1.56. The van der Waals surface area contributed by atoms with E-state index in [1.807, 2.05) is 45.0 Å². The molecular formula is C12H17N5. The fourth-order valence-corrected chi connectivity index (χ4v) is 1.34. The van der Waals surface area contributed by atoms with Crippen molar-refractivity contribution in [3.8, 4) is 0 Å². The number of para-hydroxylation sites is 1. The number of fused-ring (bicyclic) bond motifs is 1. The molecule has 17 heavy (non-hydrogen) atoms. The Morgan fingerprint density at radius 3 is 2.47 bits per heavy atom. The summed E-state index contributed by atoms with van der Waals surface area (Å²) in [7, 11) is 0. The van der Waals surface area contributed by atoms with Crippen LogP contribution in [0.25, 0.3) is 11.0 Å². The first-order valence-corrected chi connectivity index (χ1v) is 5.62. The van der Waals surface area contributed by atoms with Crippen LogP contribution in [0, 0.1) is 0 Å². The predicted molar refractivity (Wildman–Crippen MR) is 68.7 cm³/mol. The van der Waals surface area contributed by atoms with Crippen LogP contribution in [0.3, 0.4) is 0 Å². The summed E-state index contributed by atoms with van der Waals surface area (Å²) in [5.74, 6) is 0.506. The van der Waals surface area contributed by atoms with E-state index >= 15 is 0 Å². The largest absolute Gasteiger partial charge is 0.346 e. The number of anilines is 1. The summed E-state index contributed by atoms with van der Waals surface area (Å²) >= 11 is 0. The van der Waals surface area contributed by atoms with Crippen LogP contribution >= 0.6 is 0 Å². The Labute approximate surface area is 100 Å². The number of hydrogen-bond donors (Lipinski definition) is 2. The molecule has 0 aliphatic heterocycles. The first-order chi connectivity index (χ1) is 7.99. The second-order valence-electron chi connectivity index (χ2n) is 4.76. The van der Waals surface area contributed by atoms with Gasteiger partial charge in [0.25, 0.3) is 0 Å². The van der Waals surface area contributed by atoms with Crippen molar-refractivity contribution in [3.63, 3.8) is 0 Å². The summed E-state index contributed by atoms with van der Waals surface area (Å²) in [6.45, 7) is 5.97. The molecule has 1 aromatic carbocycles. The molecule has 0 spiro atoms. The highest BCUT2D eigenvalue weighted by Gasteiger charge is 2.23. The molecule has 3 N–H and O–H groups in total. The minimum atomic E-state index is -0.274. The molecule has 0 aliphatic rings. The van der Waals surface area contributed by atoms with Crippen LogP contribution < -0.4 is 11.1 Å². The summed E-state index contributed by atoms with van der Waals surface area (Å²) in [5.41, 5.74) is 7.23. The zero-order valence-corrected chi connectivity index (χ0v) is 10.3. The number of nitrogens with zero attached hydrogens (tertiary/aromatic N) is 3. The van der Waals surface area contributed by atoms with Crippen LogP contribution in [-0.2, 0) is 0 Å². The second kappa shape index (κ2) is 4.25. The molecule has 2 aromatic rings. The Morgan fingerprint density at radius 2 is 1.82 bits per heavy atom. The fourth-order valence-electron chi connectivity index (χ4n) is 1.34. The average molecular weight is 231 g/mol. The standard InChI is InChI=1S/C12H17N5/c1-8(13)12(2,3)15-11-14-9-6-4-5-7-10(9)16-17-11/h4-8H,13H2,1-3H3,(H,14,15,17). The number of hydrogen-bond acceptors (Lipinski definition) is 5. The molecule has 90 valence electrons. The van der Waals surface area contributed by atoms with E-state index in [2.05, 4.69) is 20.5 Å². The van der Waals surface area contributed by atoms with Crippen molar-refractivity contribution in [2.45, 2.75) is 32.4 Å². The van der Waals surface area contributed by atoms with Crippen molar-refractivity contribution in [1.82, 2.24) is 15.2 Å². The van der Waals surface area contributed by atoms with Crippen LogP contribution in [0.2, 0.25) is 0 Å². The molecule has 0 saturated carbocycles. The second-order valence-corrected chi connectivity index (χ2v) is 4.76. The van der Waals surface area contributed by atoms with Crippen molar-refractivity contribution in [2.75, 3.05) is 5.32 Å². The Kier molecular flexibility index (Phi) is 2.93. The minimum absolute atomic E-state index is 0.0161. The Balaban J connectivity index is 2.31. The molecule has 1 atom stereocenters. The van der Waals surface area contributed by atoms with Gasteiger partial charge >= 0.3 is 0 Å². The van der Waals surface area contributed by atoms with Gasteiger partial charge < -0.3 is 11.1 Å². The molecule has 5 nitrogen and oxygen atoms in total. The lowest BCUT2D eigenvalue weighted by Gasteiger charge is -2.29. The van der Waals surface area contributed by atoms with Gasteiger partial charge in [-0.05, 0) is 32.9 Å². The SMILES string of the molecule is CC(N)C(C)(C)Nc1nnc2ccccc2n1. The van der Waals surface area contributed by atoms with Crippen LogP contribution in [0.5, 0.6) is 0 Å². The maximum Gasteiger partial charge on any atom is 0.243 e. The average Bonchev–Trinajstić information content (AvgIpc) is 2.28. The highest BCUT2D eigenvalue weighted by atomic mass is 15.3. The van der Waals surface area contributed by atoms with Gasteiger partial charge in [0, 0.05) is 11.6 Å². The Morgan fingerprint density at radius 1 is 1.18 bits per heavy atom. The third-order valence-corrected chi connectivity index (χ3v) is 2.93. The van der Waals surface area contributed by atoms with Crippen LogP contribution in [0.15, 0.2) is 24.3 Å². The monoisotopic (exact) mass is 231 g/mol. The number of aromatic nitrogens is 3. The van der Waals surface area contributed by atoms with Crippen molar-refractivity contribution >= 4 is 17.0 Å². The quantitative estimate of drug-likeness (QED) is 0.838. The summed E-state index contributed by atoms with van der Waals surface area (Å²) in [5, 5.41) is 11.4. The van der Waals surface area contributed by atoms with Gasteiger partial charge in [-0.15, -0.1) is 10.2 Å². The summed E-state index contributed by atoms with van der Waals surface area (Å²) < 4.78 is 0. The number of benzene rings is 1. The van der Waals surface area contributed by atoms with E-state index in [1.54, 1.807) is 0 Å². The topological polar surface area (TPSA) is 76.7 Å². The number of rotatable bonds is 3. The Hall–Kier alpha value is -1.75. The smallest absolute Gasteiger partial charge is 0.243 e. The van der Waals surface area contributed by atoms with E-state index in [0.717, 1.165) is 11.0 Å².